The van der Waals surface area contributed by atoms with Crippen molar-refractivity contribution in [3.05, 3.63) is 46.2 Å². The molecule has 0 unspecified atom stereocenters. The van der Waals surface area contributed by atoms with Gasteiger partial charge in [0.25, 0.3) is 5.56 Å². The van der Waals surface area contributed by atoms with Gasteiger partial charge < -0.3 is 15.6 Å². The number of aromatic amines is 1. The fraction of sp³-hybridized carbons (Fsp3) is 0.250. The second-order valence-electron chi connectivity index (χ2n) is 5.23. The Hall–Kier alpha value is -2.61. The molecule has 1 aliphatic rings. The van der Waals surface area contributed by atoms with Crippen LogP contribution in [0.15, 0.2) is 40.3 Å². The average Bonchev–Trinajstić information content (AvgIpc) is 2.55. The van der Waals surface area contributed by atoms with Gasteiger partial charge in [0.1, 0.15) is 5.82 Å². The molecule has 0 saturated carbocycles. The first kappa shape index (κ1) is 16.3. The lowest BCUT2D eigenvalue weighted by Crippen LogP contribution is -2.36. The minimum atomic E-state index is -0.870. The molecule has 1 aromatic heterocycles. The molecule has 0 bridgehead atoms. The number of aromatic nitrogens is 2. The fourth-order valence-corrected chi connectivity index (χ4v) is 3.12. The number of hydrogen-bond acceptors (Lipinski definition) is 5. The molecule has 8 heteroatoms. The molecule has 2 heterocycles. The van der Waals surface area contributed by atoms with Gasteiger partial charge in [-0.1, -0.05) is 36.9 Å². The van der Waals surface area contributed by atoms with Crippen molar-refractivity contribution in [3.8, 4) is 0 Å². The SMILES string of the molecule is CCSc1nc2c(c(=O)[nH]1)[C@@H](C(=O)Nc1ccccc1)CC(=O)N2. The summed E-state index contributed by atoms with van der Waals surface area (Å²) in [7, 11) is 0. The van der Waals surface area contributed by atoms with Crippen LogP contribution in [0.2, 0.25) is 0 Å². The molecule has 0 radical (unpaired) electrons. The third kappa shape index (κ3) is 3.33. The first-order valence-corrected chi connectivity index (χ1v) is 8.49. The monoisotopic (exact) mass is 344 g/mol. The molecule has 0 saturated heterocycles. The van der Waals surface area contributed by atoms with E-state index in [-0.39, 0.29) is 23.7 Å². The maximum absolute atomic E-state index is 12.6. The third-order valence-electron chi connectivity index (χ3n) is 3.57. The number of H-pyrrole nitrogens is 1. The Kier molecular flexibility index (Phi) is 4.66. The maximum Gasteiger partial charge on any atom is 0.257 e. The van der Waals surface area contributed by atoms with Crippen molar-refractivity contribution in [2.75, 3.05) is 16.4 Å². The van der Waals surface area contributed by atoms with Gasteiger partial charge >= 0.3 is 0 Å². The van der Waals surface area contributed by atoms with Crippen molar-refractivity contribution in [2.24, 2.45) is 0 Å². The highest BCUT2D eigenvalue weighted by Crippen LogP contribution is 2.30. The third-order valence-corrected chi connectivity index (χ3v) is 4.32. The number of nitrogens with one attached hydrogen (secondary N) is 3. The van der Waals surface area contributed by atoms with Crippen LogP contribution >= 0.6 is 11.8 Å². The number of nitrogens with zero attached hydrogens (tertiary/aromatic N) is 1. The number of carbonyl (C=O) groups is 2. The number of benzene rings is 1. The van der Waals surface area contributed by atoms with Gasteiger partial charge in [-0.05, 0) is 17.9 Å². The molecule has 7 nitrogen and oxygen atoms in total. The summed E-state index contributed by atoms with van der Waals surface area (Å²) in [5, 5.41) is 5.74. The van der Waals surface area contributed by atoms with E-state index in [0.29, 0.717) is 10.8 Å². The van der Waals surface area contributed by atoms with Crippen LogP contribution in [0.25, 0.3) is 0 Å². The zero-order valence-corrected chi connectivity index (χ0v) is 13.8. The van der Waals surface area contributed by atoms with E-state index in [1.807, 2.05) is 13.0 Å². The summed E-state index contributed by atoms with van der Waals surface area (Å²) in [4.78, 5) is 43.8. The Morgan fingerprint density at radius 3 is 2.79 bits per heavy atom. The van der Waals surface area contributed by atoms with Crippen molar-refractivity contribution in [1.82, 2.24) is 9.97 Å². The van der Waals surface area contributed by atoms with Gasteiger partial charge in [-0.15, -0.1) is 0 Å². The predicted molar refractivity (Wildman–Crippen MR) is 92.3 cm³/mol. The van der Waals surface area contributed by atoms with E-state index in [1.54, 1.807) is 24.3 Å². The van der Waals surface area contributed by atoms with Crippen LogP contribution in [0.5, 0.6) is 0 Å². The summed E-state index contributed by atoms with van der Waals surface area (Å²) in [6, 6.07) is 8.90. The standard InChI is InChI=1S/C16H16N4O3S/c1-2-24-16-19-13-12(15(23)20-16)10(8-11(21)18-13)14(22)17-9-6-4-3-5-7-9/h3-7,10H,2,8H2,1H3,(H,17,22)(H2,18,19,20,21,23)/t10-/m0/s1. The summed E-state index contributed by atoms with van der Waals surface area (Å²) in [6.45, 7) is 1.93. The molecular weight excluding hydrogens is 328 g/mol. The fourth-order valence-electron chi connectivity index (χ4n) is 2.53. The van der Waals surface area contributed by atoms with Crippen LogP contribution in [0.3, 0.4) is 0 Å². The summed E-state index contributed by atoms with van der Waals surface area (Å²) in [5.41, 5.74) is 0.408. The van der Waals surface area contributed by atoms with Crippen molar-refractivity contribution < 1.29 is 9.59 Å². The molecule has 124 valence electrons. The molecular formula is C16H16N4O3S. The molecule has 2 amide bonds. The number of para-hydroxylation sites is 1. The van der Waals surface area contributed by atoms with Crippen molar-refractivity contribution in [2.45, 2.75) is 24.4 Å². The number of hydrogen-bond donors (Lipinski definition) is 3. The lowest BCUT2D eigenvalue weighted by molar-refractivity contribution is -0.123. The van der Waals surface area contributed by atoms with E-state index in [1.165, 1.54) is 11.8 Å². The average molecular weight is 344 g/mol. The number of carbonyl (C=O) groups excluding carboxylic acids is 2. The molecule has 0 fully saturated rings. The molecule has 1 aliphatic heterocycles. The zero-order valence-electron chi connectivity index (χ0n) is 13.0. The molecule has 1 atom stereocenters. The highest BCUT2D eigenvalue weighted by Gasteiger charge is 2.34. The van der Waals surface area contributed by atoms with Crippen molar-refractivity contribution in [1.29, 1.82) is 0 Å². The maximum atomic E-state index is 12.6. The van der Waals surface area contributed by atoms with Gasteiger partial charge in [0.05, 0.1) is 11.5 Å². The normalized spacial score (nSPS) is 16.2. The first-order chi connectivity index (χ1) is 11.6. The predicted octanol–water partition coefficient (Wildman–Crippen LogP) is 1.95. The largest absolute Gasteiger partial charge is 0.326 e. The number of thioether (sulfide) groups is 1. The Labute approximate surface area is 142 Å². The molecule has 0 spiro atoms. The highest BCUT2D eigenvalue weighted by molar-refractivity contribution is 7.99. The molecule has 0 aliphatic carbocycles. The second-order valence-corrected chi connectivity index (χ2v) is 6.48. The van der Waals surface area contributed by atoms with Crippen LogP contribution in [-0.4, -0.2) is 27.5 Å². The lowest BCUT2D eigenvalue weighted by atomic mass is 9.92. The molecule has 24 heavy (non-hydrogen) atoms. The van der Waals surface area contributed by atoms with Crippen LogP contribution in [0.1, 0.15) is 24.8 Å². The molecule has 3 N–H and O–H groups in total. The van der Waals surface area contributed by atoms with Crippen LogP contribution < -0.4 is 16.2 Å². The summed E-state index contributed by atoms with van der Waals surface area (Å²) in [6.07, 6.45) is -0.0866. The number of amides is 2. The summed E-state index contributed by atoms with van der Waals surface area (Å²) < 4.78 is 0. The van der Waals surface area contributed by atoms with Crippen LogP contribution in [0, 0.1) is 0 Å². The van der Waals surface area contributed by atoms with E-state index in [9.17, 15) is 14.4 Å². The lowest BCUT2D eigenvalue weighted by Gasteiger charge is -2.23. The quantitative estimate of drug-likeness (QED) is 0.581. The summed E-state index contributed by atoms with van der Waals surface area (Å²) >= 11 is 1.36. The molecule has 1 aromatic carbocycles. The van der Waals surface area contributed by atoms with Gasteiger partial charge in [0.2, 0.25) is 11.8 Å². The molecule has 2 aromatic rings. The molecule has 3 rings (SSSR count). The summed E-state index contributed by atoms with van der Waals surface area (Å²) in [5.74, 6) is -0.708. The van der Waals surface area contributed by atoms with E-state index in [0.717, 1.165) is 5.75 Å². The number of fused-ring (bicyclic) bond motifs is 1. The smallest absolute Gasteiger partial charge is 0.257 e. The Morgan fingerprint density at radius 1 is 1.33 bits per heavy atom. The Balaban J connectivity index is 1.95. The van der Waals surface area contributed by atoms with Crippen LogP contribution in [-0.2, 0) is 9.59 Å². The number of rotatable bonds is 4. The topological polar surface area (TPSA) is 104 Å². The Bertz CT molecular complexity index is 835. The Morgan fingerprint density at radius 2 is 2.08 bits per heavy atom. The van der Waals surface area contributed by atoms with Crippen molar-refractivity contribution in [3.63, 3.8) is 0 Å². The number of anilines is 2. The van der Waals surface area contributed by atoms with Gasteiger partial charge in [-0.2, -0.15) is 0 Å². The van der Waals surface area contributed by atoms with Gasteiger partial charge in [0, 0.05) is 12.1 Å². The minimum absolute atomic E-state index is 0.0866. The zero-order chi connectivity index (χ0) is 17.1. The van der Waals surface area contributed by atoms with Crippen LogP contribution in [0.4, 0.5) is 11.5 Å². The first-order valence-electron chi connectivity index (χ1n) is 7.51. The van der Waals surface area contributed by atoms with E-state index < -0.39 is 17.4 Å². The van der Waals surface area contributed by atoms with E-state index in [2.05, 4.69) is 20.6 Å². The highest BCUT2D eigenvalue weighted by atomic mass is 32.2. The van der Waals surface area contributed by atoms with Crippen molar-refractivity contribution >= 4 is 35.1 Å². The van der Waals surface area contributed by atoms with Gasteiger partial charge in [-0.25, -0.2) is 4.98 Å². The van der Waals surface area contributed by atoms with Gasteiger partial charge in [0.15, 0.2) is 5.16 Å². The van der Waals surface area contributed by atoms with E-state index >= 15 is 0 Å². The second kappa shape index (κ2) is 6.88. The van der Waals surface area contributed by atoms with Gasteiger partial charge in [-0.3, -0.25) is 14.4 Å². The van der Waals surface area contributed by atoms with E-state index in [4.69, 9.17) is 0 Å². The minimum Gasteiger partial charge on any atom is -0.326 e.